The number of urea groups is 1. The molecule has 1 aromatic heterocycles. The highest BCUT2D eigenvalue weighted by Crippen LogP contribution is 2.19. The quantitative estimate of drug-likeness (QED) is 0.891. The number of benzene rings is 1. The van der Waals surface area contributed by atoms with Gasteiger partial charge in [0.1, 0.15) is 11.6 Å². The number of amides is 2. The van der Waals surface area contributed by atoms with Gasteiger partial charge in [-0.3, -0.25) is 0 Å². The number of nitrogens with one attached hydrogen (secondary N) is 2. The van der Waals surface area contributed by atoms with Crippen LogP contribution in [0, 0.1) is 6.92 Å². The van der Waals surface area contributed by atoms with Gasteiger partial charge in [-0.05, 0) is 37.5 Å². The predicted octanol–water partition coefficient (Wildman–Crippen LogP) is 3.33. The van der Waals surface area contributed by atoms with Crippen molar-refractivity contribution in [1.82, 2.24) is 20.1 Å². The van der Waals surface area contributed by atoms with Gasteiger partial charge in [0.05, 0.1) is 0 Å². The number of aryl methyl sites for hydroxylation is 2. The van der Waals surface area contributed by atoms with Gasteiger partial charge in [0.15, 0.2) is 0 Å². The van der Waals surface area contributed by atoms with E-state index in [1.165, 1.54) is 19.3 Å². The summed E-state index contributed by atoms with van der Waals surface area (Å²) in [5.41, 5.74) is 1.66. The average molecular weight is 348 g/mol. The van der Waals surface area contributed by atoms with E-state index >= 15 is 0 Å². The van der Waals surface area contributed by atoms with Gasteiger partial charge in [0, 0.05) is 36.6 Å². The summed E-state index contributed by atoms with van der Waals surface area (Å²) in [5.74, 6) is 2.02. The Bertz CT molecular complexity index is 728. The first-order valence-corrected chi connectivity index (χ1v) is 8.73. The Kier molecular flexibility index (Phi) is 5.35. The minimum Gasteiger partial charge on any atom is -0.337 e. The van der Waals surface area contributed by atoms with Gasteiger partial charge in [-0.2, -0.15) is 0 Å². The molecule has 1 aliphatic rings. The molecule has 2 amide bonds. The van der Waals surface area contributed by atoms with Gasteiger partial charge in [-0.25, -0.2) is 4.79 Å². The Hall–Kier alpha value is -2.08. The third-order valence-electron chi connectivity index (χ3n) is 4.25. The van der Waals surface area contributed by atoms with E-state index in [1.807, 2.05) is 19.1 Å². The number of fused-ring (bicyclic) bond motifs is 1. The zero-order valence-corrected chi connectivity index (χ0v) is 14.6. The maximum absolute atomic E-state index is 12.0. The largest absolute Gasteiger partial charge is 0.337 e. The molecule has 0 saturated carbocycles. The van der Waals surface area contributed by atoms with E-state index < -0.39 is 0 Å². The minimum atomic E-state index is -0.245. The van der Waals surface area contributed by atoms with Gasteiger partial charge in [-0.1, -0.05) is 24.1 Å². The van der Waals surface area contributed by atoms with Crippen LogP contribution in [0.15, 0.2) is 18.2 Å². The van der Waals surface area contributed by atoms with Crippen LogP contribution in [0.4, 0.5) is 10.5 Å². The fraction of sp³-hybridized carbons (Fsp3) is 0.471. The smallest absolute Gasteiger partial charge is 0.319 e. The molecule has 0 saturated heterocycles. The van der Waals surface area contributed by atoms with Crippen LogP contribution >= 0.6 is 11.6 Å². The van der Waals surface area contributed by atoms with Crippen LogP contribution in [0.3, 0.4) is 0 Å². The average Bonchev–Trinajstić information content (AvgIpc) is 2.79. The summed E-state index contributed by atoms with van der Waals surface area (Å²) in [6, 6.07) is 5.21. The molecule has 0 bridgehead atoms. The molecule has 0 radical (unpaired) electrons. The second-order valence-corrected chi connectivity index (χ2v) is 6.50. The van der Waals surface area contributed by atoms with Crippen molar-refractivity contribution in [3.05, 3.63) is 40.4 Å². The summed E-state index contributed by atoms with van der Waals surface area (Å²) in [4.78, 5) is 12.0. The lowest BCUT2D eigenvalue weighted by Crippen LogP contribution is -2.31. The Morgan fingerprint density at radius 1 is 1.29 bits per heavy atom. The molecule has 2 heterocycles. The number of nitrogens with zero attached hydrogens (tertiary/aromatic N) is 3. The van der Waals surface area contributed by atoms with E-state index in [9.17, 15) is 4.79 Å². The Labute approximate surface area is 146 Å². The highest BCUT2D eigenvalue weighted by molar-refractivity contribution is 6.31. The summed E-state index contributed by atoms with van der Waals surface area (Å²) in [5, 5.41) is 14.8. The van der Waals surface area contributed by atoms with Gasteiger partial charge < -0.3 is 15.2 Å². The number of carbonyl (C=O) groups is 1. The molecule has 1 aromatic carbocycles. The molecule has 0 atom stereocenters. The minimum absolute atomic E-state index is 0.245. The SMILES string of the molecule is Cc1ccc(NC(=O)NCCc2nnc3n2CCCCC3)cc1Cl. The molecule has 7 heteroatoms. The van der Waals surface area contributed by atoms with Crippen LogP contribution in [0.25, 0.3) is 0 Å². The van der Waals surface area contributed by atoms with Crippen molar-refractivity contribution in [2.24, 2.45) is 0 Å². The second-order valence-electron chi connectivity index (χ2n) is 6.09. The lowest BCUT2D eigenvalue weighted by Gasteiger charge is -2.10. The van der Waals surface area contributed by atoms with Crippen molar-refractivity contribution in [3.63, 3.8) is 0 Å². The summed E-state index contributed by atoms with van der Waals surface area (Å²) in [6.45, 7) is 3.42. The lowest BCUT2D eigenvalue weighted by atomic mass is 10.2. The van der Waals surface area contributed by atoms with Crippen LogP contribution in [-0.2, 0) is 19.4 Å². The van der Waals surface area contributed by atoms with Gasteiger partial charge in [-0.15, -0.1) is 10.2 Å². The first-order valence-electron chi connectivity index (χ1n) is 8.35. The fourth-order valence-electron chi connectivity index (χ4n) is 2.86. The molecular formula is C17H22ClN5O. The maximum atomic E-state index is 12.0. The van der Waals surface area contributed by atoms with Crippen molar-refractivity contribution < 1.29 is 4.79 Å². The van der Waals surface area contributed by atoms with Crippen LogP contribution in [0.1, 0.15) is 36.5 Å². The molecule has 2 aromatic rings. The molecule has 3 rings (SSSR count). The van der Waals surface area contributed by atoms with Crippen molar-refractivity contribution in [2.45, 2.75) is 45.6 Å². The molecule has 0 aliphatic carbocycles. The molecule has 0 fully saturated rings. The van der Waals surface area contributed by atoms with Crippen molar-refractivity contribution in [2.75, 3.05) is 11.9 Å². The molecular weight excluding hydrogens is 326 g/mol. The molecule has 1 aliphatic heterocycles. The molecule has 6 nitrogen and oxygen atoms in total. The fourth-order valence-corrected chi connectivity index (χ4v) is 3.04. The van der Waals surface area contributed by atoms with Gasteiger partial charge >= 0.3 is 6.03 Å². The monoisotopic (exact) mass is 347 g/mol. The number of hydrogen-bond acceptors (Lipinski definition) is 3. The Balaban J connectivity index is 1.50. The summed E-state index contributed by atoms with van der Waals surface area (Å²) in [6.07, 6.45) is 5.25. The van der Waals surface area contributed by atoms with Crippen LogP contribution in [0.2, 0.25) is 5.02 Å². The number of halogens is 1. The summed E-state index contributed by atoms with van der Waals surface area (Å²) >= 11 is 6.06. The molecule has 2 N–H and O–H groups in total. The Morgan fingerprint density at radius 3 is 3.00 bits per heavy atom. The summed E-state index contributed by atoms with van der Waals surface area (Å²) in [7, 11) is 0. The van der Waals surface area contributed by atoms with E-state index in [2.05, 4.69) is 25.4 Å². The Morgan fingerprint density at radius 2 is 2.17 bits per heavy atom. The van der Waals surface area contributed by atoms with E-state index in [0.717, 1.165) is 30.2 Å². The highest BCUT2D eigenvalue weighted by atomic mass is 35.5. The predicted molar refractivity (Wildman–Crippen MR) is 94.5 cm³/mol. The van der Waals surface area contributed by atoms with Crippen molar-refractivity contribution >= 4 is 23.3 Å². The van der Waals surface area contributed by atoms with Crippen molar-refractivity contribution in [1.29, 1.82) is 0 Å². The first kappa shape index (κ1) is 16.8. The zero-order chi connectivity index (χ0) is 16.9. The van der Waals surface area contributed by atoms with Crippen LogP contribution in [0.5, 0.6) is 0 Å². The van der Waals surface area contributed by atoms with E-state index in [-0.39, 0.29) is 6.03 Å². The summed E-state index contributed by atoms with van der Waals surface area (Å²) < 4.78 is 2.20. The molecule has 128 valence electrons. The highest BCUT2D eigenvalue weighted by Gasteiger charge is 2.14. The number of anilines is 1. The number of hydrogen-bond donors (Lipinski definition) is 2. The number of rotatable bonds is 4. The molecule has 0 unspecified atom stereocenters. The van der Waals surface area contributed by atoms with Crippen LogP contribution in [-0.4, -0.2) is 27.3 Å². The van der Waals surface area contributed by atoms with Crippen LogP contribution < -0.4 is 10.6 Å². The third kappa shape index (κ3) is 4.06. The lowest BCUT2D eigenvalue weighted by molar-refractivity contribution is 0.252. The van der Waals surface area contributed by atoms with E-state index in [0.29, 0.717) is 23.7 Å². The third-order valence-corrected chi connectivity index (χ3v) is 4.66. The maximum Gasteiger partial charge on any atom is 0.319 e. The zero-order valence-electron chi connectivity index (χ0n) is 13.8. The normalized spacial score (nSPS) is 13.9. The van der Waals surface area contributed by atoms with E-state index in [1.54, 1.807) is 6.07 Å². The number of carbonyl (C=O) groups excluding carboxylic acids is 1. The first-order chi connectivity index (χ1) is 11.6. The topological polar surface area (TPSA) is 71.8 Å². The second kappa shape index (κ2) is 7.66. The molecule has 0 spiro atoms. The van der Waals surface area contributed by atoms with Gasteiger partial charge in [0.25, 0.3) is 0 Å². The van der Waals surface area contributed by atoms with E-state index in [4.69, 9.17) is 11.6 Å². The standard InChI is InChI=1S/C17H22ClN5O/c1-12-6-7-13(11-14(12)18)20-17(24)19-9-8-16-22-21-15-5-3-2-4-10-23(15)16/h6-7,11H,2-5,8-10H2,1H3,(H2,19,20,24). The number of aromatic nitrogens is 3. The molecule has 24 heavy (non-hydrogen) atoms. The van der Waals surface area contributed by atoms with Gasteiger partial charge in [0.2, 0.25) is 0 Å². The van der Waals surface area contributed by atoms with Crippen molar-refractivity contribution in [3.8, 4) is 0 Å².